The Kier molecular flexibility index (Phi) is 4.38. The highest BCUT2D eigenvalue weighted by Gasteiger charge is 2.11. The molecule has 2 aromatic heterocycles. The second-order valence-corrected chi connectivity index (χ2v) is 5.22. The van der Waals surface area contributed by atoms with E-state index in [-0.39, 0.29) is 6.04 Å². The maximum absolute atomic E-state index is 6.02. The molecule has 0 aliphatic carbocycles. The predicted octanol–water partition coefficient (Wildman–Crippen LogP) is 2.25. The standard InChI is InChI=1S/C13H18N4S/c1-3-11(14)9-10-5-4-6-15-12(10)18-13-16-7-8-17(13)2/h4-8,11H,3,9,14H2,1-2H3. The van der Waals surface area contributed by atoms with Crippen LogP contribution in [0, 0.1) is 0 Å². The first kappa shape index (κ1) is 13.1. The molecule has 0 spiro atoms. The maximum Gasteiger partial charge on any atom is 0.174 e. The zero-order valence-electron chi connectivity index (χ0n) is 10.7. The van der Waals surface area contributed by atoms with Crippen LogP contribution in [0.15, 0.2) is 40.9 Å². The number of rotatable bonds is 5. The largest absolute Gasteiger partial charge is 0.329 e. The number of imidazole rings is 1. The zero-order chi connectivity index (χ0) is 13.0. The Labute approximate surface area is 112 Å². The highest BCUT2D eigenvalue weighted by atomic mass is 32.2. The smallest absolute Gasteiger partial charge is 0.174 e. The van der Waals surface area contributed by atoms with Crippen molar-refractivity contribution in [2.75, 3.05) is 0 Å². The average Bonchev–Trinajstić information content (AvgIpc) is 2.77. The van der Waals surface area contributed by atoms with Gasteiger partial charge in [-0.2, -0.15) is 0 Å². The molecule has 0 radical (unpaired) electrons. The summed E-state index contributed by atoms with van der Waals surface area (Å²) in [5.41, 5.74) is 7.21. The summed E-state index contributed by atoms with van der Waals surface area (Å²) in [5, 5.41) is 1.94. The third-order valence-electron chi connectivity index (χ3n) is 2.82. The summed E-state index contributed by atoms with van der Waals surface area (Å²) >= 11 is 1.59. The number of nitrogens with zero attached hydrogens (tertiary/aromatic N) is 3. The molecule has 0 aliphatic rings. The molecule has 96 valence electrons. The fraction of sp³-hybridized carbons (Fsp3) is 0.385. The van der Waals surface area contributed by atoms with Crippen molar-refractivity contribution in [1.29, 1.82) is 0 Å². The SMILES string of the molecule is CCC(N)Cc1cccnc1Sc1nccn1C. The van der Waals surface area contributed by atoms with Crippen LogP contribution < -0.4 is 5.73 Å². The Hall–Kier alpha value is -1.33. The van der Waals surface area contributed by atoms with E-state index in [9.17, 15) is 0 Å². The zero-order valence-corrected chi connectivity index (χ0v) is 11.5. The van der Waals surface area contributed by atoms with Gasteiger partial charge in [0.2, 0.25) is 0 Å². The van der Waals surface area contributed by atoms with Crippen molar-refractivity contribution >= 4 is 11.8 Å². The van der Waals surface area contributed by atoms with Gasteiger partial charge in [-0.25, -0.2) is 9.97 Å². The molecule has 4 nitrogen and oxygen atoms in total. The second-order valence-electron chi connectivity index (χ2n) is 4.26. The molecule has 2 aromatic rings. The third-order valence-corrected chi connectivity index (χ3v) is 3.96. The second kappa shape index (κ2) is 6.02. The molecule has 2 rings (SSSR count). The van der Waals surface area contributed by atoms with Crippen LogP contribution in [-0.4, -0.2) is 20.6 Å². The minimum absolute atomic E-state index is 0.190. The molecule has 0 aliphatic heterocycles. The molecule has 0 aromatic carbocycles. The molecule has 0 saturated carbocycles. The first-order chi connectivity index (χ1) is 8.70. The van der Waals surface area contributed by atoms with Crippen molar-refractivity contribution in [1.82, 2.24) is 14.5 Å². The van der Waals surface area contributed by atoms with Gasteiger partial charge in [0.15, 0.2) is 5.16 Å². The van der Waals surface area contributed by atoms with Gasteiger partial charge in [0.25, 0.3) is 0 Å². The molecular formula is C13H18N4S. The van der Waals surface area contributed by atoms with E-state index in [1.165, 1.54) is 5.56 Å². The van der Waals surface area contributed by atoms with Gasteiger partial charge < -0.3 is 10.3 Å². The van der Waals surface area contributed by atoms with Crippen molar-refractivity contribution in [2.45, 2.75) is 36.0 Å². The lowest BCUT2D eigenvalue weighted by Gasteiger charge is -2.11. The van der Waals surface area contributed by atoms with Crippen LogP contribution in [0.3, 0.4) is 0 Å². The maximum atomic E-state index is 6.02. The molecule has 1 atom stereocenters. The lowest BCUT2D eigenvalue weighted by molar-refractivity contribution is 0.637. The lowest BCUT2D eigenvalue weighted by atomic mass is 10.1. The molecule has 0 amide bonds. The summed E-state index contributed by atoms with van der Waals surface area (Å²) in [5.74, 6) is 0. The van der Waals surface area contributed by atoms with E-state index in [1.807, 2.05) is 30.1 Å². The van der Waals surface area contributed by atoms with Gasteiger partial charge in [0.1, 0.15) is 5.03 Å². The van der Waals surface area contributed by atoms with Crippen LogP contribution in [0.5, 0.6) is 0 Å². The number of pyridine rings is 1. The highest BCUT2D eigenvalue weighted by Crippen LogP contribution is 2.27. The van der Waals surface area contributed by atoms with Crippen LogP contribution in [0.2, 0.25) is 0 Å². The van der Waals surface area contributed by atoms with E-state index in [4.69, 9.17) is 5.73 Å². The normalized spacial score (nSPS) is 12.6. The van der Waals surface area contributed by atoms with Gasteiger partial charge in [-0.05, 0) is 36.2 Å². The summed E-state index contributed by atoms with van der Waals surface area (Å²) in [4.78, 5) is 8.74. The quantitative estimate of drug-likeness (QED) is 0.898. The topological polar surface area (TPSA) is 56.7 Å². The predicted molar refractivity (Wildman–Crippen MR) is 73.5 cm³/mol. The molecule has 1 unspecified atom stereocenters. The average molecular weight is 262 g/mol. The van der Waals surface area contributed by atoms with Crippen molar-refractivity contribution in [3.8, 4) is 0 Å². The summed E-state index contributed by atoms with van der Waals surface area (Å²) in [6.07, 6.45) is 7.37. The van der Waals surface area contributed by atoms with E-state index in [2.05, 4.69) is 23.0 Å². The van der Waals surface area contributed by atoms with Crippen molar-refractivity contribution in [3.05, 3.63) is 36.3 Å². The number of hydrogen-bond acceptors (Lipinski definition) is 4. The molecule has 0 bridgehead atoms. The Balaban J connectivity index is 2.20. The van der Waals surface area contributed by atoms with Crippen molar-refractivity contribution < 1.29 is 0 Å². The fourth-order valence-electron chi connectivity index (χ4n) is 1.63. The molecule has 5 heteroatoms. The molecule has 0 saturated heterocycles. The molecule has 0 fully saturated rings. The molecule has 18 heavy (non-hydrogen) atoms. The van der Waals surface area contributed by atoms with E-state index < -0.39 is 0 Å². The van der Waals surface area contributed by atoms with Crippen molar-refractivity contribution in [2.24, 2.45) is 12.8 Å². The summed E-state index contributed by atoms with van der Waals surface area (Å²) < 4.78 is 1.99. The van der Waals surface area contributed by atoms with E-state index in [1.54, 1.807) is 18.0 Å². The van der Waals surface area contributed by atoms with Gasteiger partial charge in [0, 0.05) is 31.7 Å². The van der Waals surface area contributed by atoms with Gasteiger partial charge in [-0.15, -0.1) is 0 Å². The van der Waals surface area contributed by atoms with Gasteiger partial charge in [-0.3, -0.25) is 0 Å². The first-order valence-corrected chi connectivity index (χ1v) is 6.87. The van der Waals surface area contributed by atoms with Gasteiger partial charge in [0.05, 0.1) is 0 Å². The van der Waals surface area contributed by atoms with E-state index in [0.29, 0.717) is 0 Å². The summed E-state index contributed by atoms with van der Waals surface area (Å²) in [6.45, 7) is 2.10. The monoisotopic (exact) mass is 262 g/mol. The molecule has 2 N–H and O–H groups in total. The Morgan fingerprint density at radius 1 is 1.39 bits per heavy atom. The van der Waals surface area contributed by atoms with Crippen LogP contribution in [0.25, 0.3) is 0 Å². The van der Waals surface area contributed by atoms with Crippen LogP contribution >= 0.6 is 11.8 Å². The Bertz CT molecular complexity index is 509. The fourth-order valence-corrected chi connectivity index (χ4v) is 2.52. The first-order valence-electron chi connectivity index (χ1n) is 6.05. The summed E-state index contributed by atoms with van der Waals surface area (Å²) in [7, 11) is 1.98. The molecular weight excluding hydrogens is 244 g/mol. The highest BCUT2D eigenvalue weighted by molar-refractivity contribution is 7.99. The number of aryl methyl sites for hydroxylation is 1. The Morgan fingerprint density at radius 2 is 2.22 bits per heavy atom. The number of hydrogen-bond donors (Lipinski definition) is 1. The van der Waals surface area contributed by atoms with E-state index in [0.717, 1.165) is 23.0 Å². The van der Waals surface area contributed by atoms with Gasteiger partial charge in [-0.1, -0.05) is 13.0 Å². The minimum Gasteiger partial charge on any atom is -0.329 e. The number of nitrogens with two attached hydrogens (primary N) is 1. The number of aromatic nitrogens is 3. The van der Waals surface area contributed by atoms with Crippen molar-refractivity contribution in [3.63, 3.8) is 0 Å². The van der Waals surface area contributed by atoms with Crippen LogP contribution in [0.4, 0.5) is 0 Å². The van der Waals surface area contributed by atoms with Crippen LogP contribution in [-0.2, 0) is 13.5 Å². The van der Waals surface area contributed by atoms with Gasteiger partial charge >= 0.3 is 0 Å². The van der Waals surface area contributed by atoms with E-state index >= 15 is 0 Å². The minimum atomic E-state index is 0.190. The van der Waals surface area contributed by atoms with Crippen LogP contribution in [0.1, 0.15) is 18.9 Å². The summed E-state index contributed by atoms with van der Waals surface area (Å²) in [6, 6.07) is 4.24. The lowest BCUT2D eigenvalue weighted by Crippen LogP contribution is -2.21. The Morgan fingerprint density at radius 3 is 2.89 bits per heavy atom. The third kappa shape index (κ3) is 3.11. The molecule has 2 heterocycles.